The minimum Gasteiger partial charge on any atom is -0.320 e. The summed E-state index contributed by atoms with van der Waals surface area (Å²) in [4.78, 5) is 1.23. The second-order valence-electron chi connectivity index (χ2n) is 3.61. The normalized spacial score (nSPS) is 12.8. The maximum absolute atomic E-state index is 6.28. The van der Waals surface area contributed by atoms with Gasteiger partial charge in [-0.3, -0.25) is 0 Å². The molecule has 0 aliphatic heterocycles. The van der Waals surface area contributed by atoms with Crippen molar-refractivity contribution in [2.75, 3.05) is 0 Å². The van der Waals surface area contributed by atoms with Gasteiger partial charge < -0.3 is 5.73 Å². The molecule has 0 spiro atoms. The lowest BCUT2D eigenvalue weighted by Crippen LogP contribution is -2.11. The molecule has 4 heteroatoms. The van der Waals surface area contributed by atoms with E-state index >= 15 is 0 Å². The van der Waals surface area contributed by atoms with Crippen LogP contribution in [0.2, 0.25) is 0 Å². The minimum atomic E-state index is -0.0533. The maximum Gasteiger partial charge on any atom is 0.0659 e. The van der Waals surface area contributed by atoms with Crippen molar-refractivity contribution in [2.45, 2.75) is 13.0 Å². The van der Waals surface area contributed by atoms with E-state index in [1.807, 2.05) is 12.1 Å². The number of rotatable bonds is 2. The molecule has 2 N–H and O–H groups in total. The number of thiophene rings is 1. The Balaban J connectivity index is 2.41. The molecule has 0 saturated heterocycles. The molecule has 1 heterocycles. The number of nitrogens with two attached hydrogens (primary N) is 1. The van der Waals surface area contributed by atoms with Gasteiger partial charge in [0, 0.05) is 13.8 Å². The fraction of sp³-hybridized carbons (Fsp3) is 0.167. The van der Waals surface area contributed by atoms with Crippen LogP contribution in [-0.4, -0.2) is 0 Å². The highest BCUT2D eigenvalue weighted by Gasteiger charge is 2.15. The highest BCUT2D eigenvalue weighted by molar-refractivity contribution is 9.11. The average molecular weight is 361 g/mol. The molecule has 0 bridgehead atoms. The second-order valence-corrected chi connectivity index (χ2v) is 6.33. The van der Waals surface area contributed by atoms with E-state index < -0.39 is 0 Å². The van der Waals surface area contributed by atoms with Crippen LogP contribution in [0.3, 0.4) is 0 Å². The van der Waals surface area contributed by atoms with Crippen molar-refractivity contribution in [2.24, 2.45) is 5.73 Å². The largest absolute Gasteiger partial charge is 0.320 e. The Morgan fingerprint density at radius 1 is 1.25 bits per heavy atom. The maximum atomic E-state index is 6.28. The zero-order valence-electron chi connectivity index (χ0n) is 8.71. The molecule has 16 heavy (non-hydrogen) atoms. The first-order chi connectivity index (χ1) is 7.59. The van der Waals surface area contributed by atoms with Gasteiger partial charge in [0.2, 0.25) is 0 Å². The smallest absolute Gasteiger partial charge is 0.0659 e. The molecule has 2 rings (SSSR count). The summed E-state index contributed by atoms with van der Waals surface area (Å²) in [5.74, 6) is 0. The molecule has 2 aromatic rings. The number of aryl methyl sites for hydroxylation is 1. The van der Waals surface area contributed by atoms with Crippen LogP contribution in [0, 0.1) is 6.92 Å². The molecule has 0 aliphatic rings. The molecule has 1 atom stereocenters. The Morgan fingerprint density at radius 3 is 2.56 bits per heavy atom. The second kappa shape index (κ2) is 5.00. The summed E-state index contributed by atoms with van der Waals surface area (Å²) in [6.45, 7) is 2.10. The van der Waals surface area contributed by atoms with E-state index in [2.05, 4.69) is 56.3 Å². The first-order valence-corrected chi connectivity index (χ1v) is 7.30. The standard InChI is InChI=1S/C12H11Br2NS/c1-7-4-5-16-12(7)11(15)9-3-2-8(13)6-10(9)14/h2-6,11H,15H2,1H3. The number of hydrogen-bond donors (Lipinski definition) is 1. The van der Waals surface area contributed by atoms with E-state index in [9.17, 15) is 0 Å². The molecule has 1 aromatic carbocycles. The molecular formula is C12H11Br2NS. The Hall–Kier alpha value is -0.160. The van der Waals surface area contributed by atoms with Gasteiger partial charge in [0.1, 0.15) is 0 Å². The van der Waals surface area contributed by atoms with Crippen LogP contribution >= 0.6 is 43.2 Å². The van der Waals surface area contributed by atoms with Gasteiger partial charge in [-0.1, -0.05) is 37.9 Å². The molecule has 1 nitrogen and oxygen atoms in total. The van der Waals surface area contributed by atoms with Crippen LogP contribution in [0.15, 0.2) is 38.6 Å². The third-order valence-corrected chi connectivity index (χ3v) is 4.76. The van der Waals surface area contributed by atoms with E-state index in [1.165, 1.54) is 10.4 Å². The zero-order chi connectivity index (χ0) is 11.7. The molecule has 0 amide bonds. The highest BCUT2D eigenvalue weighted by Crippen LogP contribution is 2.32. The van der Waals surface area contributed by atoms with Crippen molar-refractivity contribution in [3.8, 4) is 0 Å². The average Bonchev–Trinajstić information content (AvgIpc) is 2.63. The first-order valence-electron chi connectivity index (χ1n) is 4.84. The summed E-state index contributed by atoms with van der Waals surface area (Å²) in [6.07, 6.45) is 0. The summed E-state index contributed by atoms with van der Waals surface area (Å²) in [5.41, 5.74) is 8.65. The summed E-state index contributed by atoms with van der Waals surface area (Å²) >= 11 is 8.70. The zero-order valence-corrected chi connectivity index (χ0v) is 12.7. The Bertz CT molecular complexity index is 507. The third-order valence-electron chi connectivity index (χ3n) is 2.48. The summed E-state index contributed by atoms with van der Waals surface area (Å²) in [5, 5.41) is 2.08. The summed E-state index contributed by atoms with van der Waals surface area (Å²) in [6, 6.07) is 8.15. The lowest BCUT2D eigenvalue weighted by Gasteiger charge is -2.13. The Morgan fingerprint density at radius 2 is 2.00 bits per heavy atom. The van der Waals surface area contributed by atoms with Crippen LogP contribution in [-0.2, 0) is 0 Å². The lowest BCUT2D eigenvalue weighted by molar-refractivity contribution is 0.879. The lowest BCUT2D eigenvalue weighted by atomic mass is 10.0. The van der Waals surface area contributed by atoms with Gasteiger partial charge in [-0.25, -0.2) is 0 Å². The van der Waals surface area contributed by atoms with Crippen molar-refractivity contribution in [3.63, 3.8) is 0 Å². The highest BCUT2D eigenvalue weighted by atomic mass is 79.9. The van der Waals surface area contributed by atoms with Gasteiger partial charge in [-0.05, 0) is 41.6 Å². The summed E-state index contributed by atoms with van der Waals surface area (Å²) < 4.78 is 2.10. The first kappa shape index (κ1) is 12.3. The van der Waals surface area contributed by atoms with Gasteiger partial charge >= 0.3 is 0 Å². The number of hydrogen-bond acceptors (Lipinski definition) is 2. The van der Waals surface area contributed by atoms with Crippen LogP contribution in [0.4, 0.5) is 0 Å². The van der Waals surface area contributed by atoms with E-state index in [0.717, 1.165) is 14.5 Å². The predicted octanol–water partition coefficient (Wildman–Crippen LogP) is 4.63. The molecule has 1 unspecified atom stereocenters. The van der Waals surface area contributed by atoms with Crippen LogP contribution in [0.1, 0.15) is 22.0 Å². The monoisotopic (exact) mass is 359 g/mol. The quantitative estimate of drug-likeness (QED) is 0.830. The van der Waals surface area contributed by atoms with E-state index in [-0.39, 0.29) is 6.04 Å². The molecule has 0 aliphatic carbocycles. The van der Waals surface area contributed by atoms with Crippen molar-refractivity contribution >= 4 is 43.2 Å². The van der Waals surface area contributed by atoms with Crippen molar-refractivity contribution in [3.05, 3.63) is 54.6 Å². The SMILES string of the molecule is Cc1ccsc1C(N)c1ccc(Br)cc1Br. The van der Waals surface area contributed by atoms with Gasteiger partial charge in [0.25, 0.3) is 0 Å². The molecule has 1 aromatic heterocycles. The Kier molecular flexibility index (Phi) is 3.85. The van der Waals surface area contributed by atoms with Gasteiger partial charge in [-0.2, -0.15) is 0 Å². The van der Waals surface area contributed by atoms with Crippen LogP contribution in [0.25, 0.3) is 0 Å². The van der Waals surface area contributed by atoms with Crippen molar-refractivity contribution in [1.82, 2.24) is 0 Å². The third kappa shape index (κ3) is 2.40. The molecule has 84 valence electrons. The molecule has 0 radical (unpaired) electrons. The van der Waals surface area contributed by atoms with E-state index in [0.29, 0.717) is 0 Å². The number of benzene rings is 1. The summed E-state index contributed by atoms with van der Waals surface area (Å²) in [7, 11) is 0. The van der Waals surface area contributed by atoms with Crippen molar-refractivity contribution in [1.29, 1.82) is 0 Å². The van der Waals surface area contributed by atoms with Crippen LogP contribution < -0.4 is 5.73 Å². The predicted molar refractivity (Wildman–Crippen MR) is 76.9 cm³/mol. The fourth-order valence-electron chi connectivity index (χ4n) is 1.60. The van der Waals surface area contributed by atoms with Crippen molar-refractivity contribution < 1.29 is 0 Å². The molecule has 0 fully saturated rings. The van der Waals surface area contributed by atoms with Gasteiger partial charge in [0.15, 0.2) is 0 Å². The van der Waals surface area contributed by atoms with E-state index in [4.69, 9.17) is 5.73 Å². The Labute approximate surface area is 116 Å². The topological polar surface area (TPSA) is 26.0 Å². The van der Waals surface area contributed by atoms with E-state index in [1.54, 1.807) is 11.3 Å². The fourth-order valence-corrected chi connectivity index (χ4v) is 3.84. The number of halogens is 2. The van der Waals surface area contributed by atoms with Gasteiger partial charge in [0.05, 0.1) is 6.04 Å². The minimum absolute atomic E-state index is 0.0533. The molecule has 0 saturated carbocycles. The van der Waals surface area contributed by atoms with Gasteiger partial charge in [-0.15, -0.1) is 11.3 Å². The molecular weight excluding hydrogens is 350 g/mol. The van der Waals surface area contributed by atoms with Crippen LogP contribution in [0.5, 0.6) is 0 Å².